The van der Waals surface area contributed by atoms with E-state index in [0.717, 1.165) is 54.1 Å². The lowest BCUT2D eigenvalue weighted by molar-refractivity contribution is 0.102. The van der Waals surface area contributed by atoms with E-state index in [1.165, 1.54) is 0 Å². The predicted octanol–water partition coefficient (Wildman–Crippen LogP) is 7.51. The Hall–Kier alpha value is -2.53. The molecule has 1 amide bonds. The maximum Gasteiger partial charge on any atom is 0.255 e. The summed E-state index contributed by atoms with van der Waals surface area (Å²) in [6.07, 6.45) is 2.16. The minimum Gasteiger partial charge on any atom is -0.496 e. The number of benzene rings is 3. The largest absolute Gasteiger partial charge is 0.496 e. The quantitative estimate of drug-likeness (QED) is 0.383. The molecule has 0 unspecified atom stereocenters. The molecular weight excluding hydrogens is 467 g/mol. The van der Waals surface area contributed by atoms with Crippen molar-refractivity contribution >= 4 is 34.8 Å². The summed E-state index contributed by atoms with van der Waals surface area (Å²) in [6.45, 7) is 6.63. The van der Waals surface area contributed by atoms with Gasteiger partial charge >= 0.3 is 0 Å². The summed E-state index contributed by atoms with van der Waals surface area (Å²) in [5.41, 5.74) is 4.12. The van der Waals surface area contributed by atoms with Crippen molar-refractivity contribution in [1.82, 2.24) is 4.90 Å². The SMILES string of the molecule is COc1ccc(NC(=O)c2ccc(-c3c(Cl)cccc3Cl)cc2)cc1C1CCN(C(C)C)CC1. The third kappa shape index (κ3) is 5.41. The van der Waals surface area contributed by atoms with Gasteiger partial charge in [-0.15, -0.1) is 0 Å². The van der Waals surface area contributed by atoms with Gasteiger partial charge in [-0.1, -0.05) is 41.4 Å². The van der Waals surface area contributed by atoms with Crippen LogP contribution in [0, 0.1) is 0 Å². The second-order valence-corrected chi connectivity index (χ2v) is 9.80. The van der Waals surface area contributed by atoms with Crippen molar-refractivity contribution in [2.45, 2.75) is 38.6 Å². The molecule has 1 saturated heterocycles. The molecule has 0 aromatic heterocycles. The number of ether oxygens (including phenoxy) is 1. The van der Waals surface area contributed by atoms with Crippen molar-refractivity contribution in [3.8, 4) is 16.9 Å². The van der Waals surface area contributed by atoms with Crippen LogP contribution >= 0.6 is 23.2 Å². The molecule has 1 aliphatic heterocycles. The number of hydrogen-bond acceptors (Lipinski definition) is 3. The van der Waals surface area contributed by atoms with Gasteiger partial charge in [0, 0.05) is 32.9 Å². The monoisotopic (exact) mass is 496 g/mol. The first-order valence-electron chi connectivity index (χ1n) is 11.6. The van der Waals surface area contributed by atoms with Gasteiger partial charge in [0.2, 0.25) is 0 Å². The molecule has 6 heteroatoms. The zero-order valence-electron chi connectivity index (χ0n) is 19.8. The van der Waals surface area contributed by atoms with Gasteiger partial charge in [-0.25, -0.2) is 0 Å². The van der Waals surface area contributed by atoms with Gasteiger partial charge in [0.15, 0.2) is 0 Å². The van der Waals surface area contributed by atoms with Crippen LogP contribution in [0.3, 0.4) is 0 Å². The minimum atomic E-state index is -0.164. The van der Waals surface area contributed by atoms with E-state index in [0.29, 0.717) is 27.6 Å². The first-order valence-corrected chi connectivity index (χ1v) is 12.4. The topological polar surface area (TPSA) is 41.6 Å². The van der Waals surface area contributed by atoms with Crippen molar-refractivity contribution in [1.29, 1.82) is 0 Å². The second kappa shape index (κ2) is 10.8. The first kappa shape index (κ1) is 24.6. The molecule has 0 bridgehead atoms. The zero-order chi connectivity index (χ0) is 24.2. The predicted molar refractivity (Wildman–Crippen MR) is 142 cm³/mol. The smallest absolute Gasteiger partial charge is 0.255 e. The highest BCUT2D eigenvalue weighted by atomic mass is 35.5. The molecule has 1 heterocycles. The molecule has 0 spiro atoms. The van der Waals surface area contributed by atoms with E-state index in [2.05, 4.69) is 30.1 Å². The molecule has 1 N–H and O–H groups in total. The van der Waals surface area contributed by atoms with Crippen LogP contribution in [-0.2, 0) is 0 Å². The number of halogens is 2. The van der Waals surface area contributed by atoms with Gasteiger partial charge in [0.05, 0.1) is 7.11 Å². The van der Waals surface area contributed by atoms with E-state index in [1.807, 2.05) is 30.3 Å². The van der Waals surface area contributed by atoms with E-state index in [4.69, 9.17) is 27.9 Å². The van der Waals surface area contributed by atoms with Gasteiger partial charge in [-0.05, 0) is 99.3 Å². The van der Waals surface area contributed by atoms with Gasteiger partial charge < -0.3 is 15.0 Å². The first-order chi connectivity index (χ1) is 16.4. The standard InChI is InChI=1S/C28H30Cl2N2O2/c1-18(2)32-15-13-19(14-16-32)23-17-22(11-12-26(23)34-3)31-28(33)21-9-7-20(8-10-21)27-24(29)5-4-6-25(27)30/h4-12,17-19H,13-16H2,1-3H3,(H,31,33). The summed E-state index contributed by atoms with van der Waals surface area (Å²) in [5, 5.41) is 4.20. The Balaban J connectivity index is 1.49. The number of piperidine rings is 1. The van der Waals surface area contributed by atoms with Crippen LogP contribution in [0.25, 0.3) is 11.1 Å². The fourth-order valence-electron chi connectivity index (χ4n) is 4.62. The third-order valence-electron chi connectivity index (χ3n) is 6.59. The van der Waals surface area contributed by atoms with Gasteiger partial charge in [-0.2, -0.15) is 0 Å². The molecule has 1 fully saturated rings. The summed E-state index contributed by atoms with van der Waals surface area (Å²) < 4.78 is 5.64. The fraction of sp³-hybridized carbons (Fsp3) is 0.321. The van der Waals surface area contributed by atoms with Crippen molar-refractivity contribution in [2.75, 3.05) is 25.5 Å². The molecule has 1 aliphatic rings. The number of carbonyl (C=O) groups is 1. The molecule has 0 saturated carbocycles. The Morgan fingerprint density at radius 2 is 1.65 bits per heavy atom. The highest BCUT2D eigenvalue weighted by molar-refractivity contribution is 6.39. The highest BCUT2D eigenvalue weighted by Gasteiger charge is 2.24. The summed E-state index contributed by atoms with van der Waals surface area (Å²) in [6, 6.07) is 19.2. The van der Waals surface area contributed by atoms with Crippen LogP contribution in [0.1, 0.15) is 48.5 Å². The molecule has 4 rings (SSSR count). The Morgan fingerprint density at radius 3 is 2.24 bits per heavy atom. The second-order valence-electron chi connectivity index (χ2n) is 8.99. The van der Waals surface area contributed by atoms with Gasteiger partial charge in [0.25, 0.3) is 5.91 Å². The summed E-state index contributed by atoms with van der Waals surface area (Å²) in [7, 11) is 1.70. The number of hydrogen-bond donors (Lipinski definition) is 1. The zero-order valence-corrected chi connectivity index (χ0v) is 21.3. The highest BCUT2D eigenvalue weighted by Crippen LogP contribution is 2.37. The average molecular weight is 497 g/mol. The molecule has 0 atom stereocenters. The number of amides is 1. The van der Waals surface area contributed by atoms with Crippen LogP contribution in [0.4, 0.5) is 5.69 Å². The van der Waals surface area contributed by atoms with Crippen LogP contribution in [-0.4, -0.2) is 37.0 Å². The summed E-state index contributed by atoms with van der Waals surface area (Å²) >= 11 is 12.6. The molecule has 178 valence electrons. The van der Waals surface area contributed by atoms with Crippen LogP contribution in [0.2, 0.25) is 10.0 Å². The number of likely N-dealkylation sites (tertiary alicyclic amines) is 1. The summed E-state index contributed by atoms with van der Waals surface area (Å²) in [4.78, 5) is 15.5. The number of carbonyl (C=O) groups excluding carboxylic acids is 1. The lowest BCUT2D eigenvalue weighted by atomic mass is 9.88. The Labute approximate surface area is 211 Å². The van der Waals surface area contributed by atoms with Crippen LogP contribution < -0.4 is 10.1 Å². The van der Waals surface area contributed by atoms with E-state index in [1.54, 1.807) is 31.4 Å². The lowest BCUT2D eigenvalue weighted by Crippen LogP contribution is -2.37. The molecule has 0 radical (unpaired) electrons. The van der Waals surface area contributed by atoms with Crippen molar-refractivity contribution in [3.05, 3.63) is 81.8 Å². The van der Waals surface area contributed by atoms with E-state index >= 15 is 0 Å². The van der Waals surface area contributed by atoms with E-state index < -0.39 is 0 Å². The lowest BCUT2D eigenvalue weighted by Gasteiger charge is -2.35. The minimum absolute atomic E-state index is 0.164. The Bertz CT molecular complexity index is 1130. The molecule has 4 nitrogen and oxygen atoms in total. The number of methoxy groups -OCH3 is 1. The Kier molecular flexibility index (Phi) is 7.82. The number of nitrogens with one attached hydrogen (secondary N) is 1. The normalized spacial score (nSPS) is 14.9. The molecule has 34 heavy (non-hydrogen) atoms. The maximum atomic E-state index is 13.0. The number of anilines is 1. The van der Waals surface area contributed by atoms with Gasteiger partial charge in [-0.3, -0.25) is 4.79 Å². The fourth-order valence-corrected chi connectivity index (χ4v) is 5.24. The van der Waals surface area contributed by atoms with Gasteiger partial charge in [0.1, 0.15) is 5.75 Å². The van der Waals surface area contributed by atoms with E-state index in [9.17, 15) is 4.79 Å². The average Bonchev–Trinajstić information content (AvgIpc) is 2.84. The molecule has 0 aliphatic carbocycles. The molecule has 3 aromatic carbocycles. The molecular formula is C28H30Cl2N2O2. The third-order valence-corrected chi connectivity index (χ3v) is 7.22. The number of rotatable bonds is 6. The number of nitrogens with zero attached hydrogens (tertiary/aromatic N) is 1. The van der Waals surface area contributed by atoms with E-state index in [-0.39, 0.29) is 5.91 Å². The molecule has 3 aromatic rings. The van der Waals surface area contributed by atoms with Crippen LogP contribution in [0.5, 0.6) is 5.75 Å². The van der Waals surface area contributed by atoms with Crippen molar-refractivity contribution in [3.63, 3.8) is 0 Å². The van der Waals surface area contributed by atoms with Crippen molar-refractivity contribution < 1.29 is 9.53 Å². The van der Waals surface area contributed by atoms with Crippen molar-refractivity contribution in [2.24, 2.45) is 0 Å². The van der Waals surface area contributed by atoms with Crippen LogP contribution in [0.15, 0.2) is 60.7 Å². The Morgan fingerprint density at radius 1 is 1.00 bits per heavy atom. The maximum absolute atomic E-state index is 13.0. The summed E-state index contributed by atoms with van der Waals surface area (Å²) in [5.74, 6) is 1.13.